The lowest BCUT2D eigenvalue weighted by Gasteiger charge is -1.91. The van der Waals surface area contributed by atoms with Crippen LogP contribution in [0.25, 0.3) is 0 Å². The summed E-state index contributed by atoms with van der Waals surface area (Å²) in [6, 6.07) is 0. The second-order valence-electron chi connectivity index (χ2n) is 0.899. The molecule has 0 unspecified atom stereocenters. The molecule has 0 radical (unpaired) electrons. The van der Waals surface area contributed by atoms with Crippen LogP contribution in [0.5, 0.6) is 0 Å². The first-order chi connectivity index (χ1) is 3.41. The topological polar surface area (TPSA) is 30.8 Å². The zero-order valence-electron chi connectivity index (χ0n) is 4.55. The molecule has 3 heteroatoms. The van der Waals surface area contributed by atoms with Crippen molar-refractivity contribution in [2.75, 3.05) is 13.9 Å². The zero-order chi connectivity index (χ0) is 5.54. The number of hydrogen-bond donors (Lipinski definition) is 0. The second kappa shape index (κ2) is 5.43. The van der Waals surface area contributed by atoms with Gasteiger partial charge in [0.05, 0.1) is 0 Å². The number of oxime groups is 1. The molecular formula is C4H9NO2. The van der Waals surface area contributed by atoms with Gasteiger partial charge in [0.25, 0.3) is 0 Å². The lowest BCUT2D eigenvalue weighted by Crippen LogP contribution is -1.87. The maximum atomic E-state index is 4.51. The fourth-order valence-corrected chi connectivity index (χ4v) is 0.158. The van der Waals surface area contributed by atoms with Crippen LogP contribution in [0, 0.1) is 0 Å². The van der Waals surface area contributed by atoms with Crippen molar-refractivity contribution in [3.05, 3.63) is 0 Å². The van der Waals surface area contributed by atoms with Gasteiger partial charge in [0, 0.05) is 13.3 Å². The highest BCUT2D eigenvalue weighted by Crippen LogP contribution is 1.71. The predicted molar refractivity (Wildman–Crippen MR) is 27.1 cm³/mol. The van der Waals surface area contributed by atoms with Crippen LogP contribution in [0.15, 0.2) is 5.16 Å². The summed E-state index contributed by atoms with van der Waals surface area (Å²) in [5.74, 6) is 0. The first kappa shape index (κ1) is 6.43. The standard InChI is InChI=1S/C4H9NO2/c1-3-5-7-4-6-2/h3H,4H2,1-2H3. The highest BCUT2D eigenvalue weighted by Gasteiger charge is 1.69. The molecule has 7 heavy (non-hydrogen) atoms. The van der Waals surface area contributed by atoms with Crippen molar-refractivity contribution in [3.63, 3.8) is 0 Å². The maximum Gasteiger partial charge on any atom is 0.216 e. The van der Waals surface area contributed by atoms with E-state index in [-0.39, 0.29) is 6.79 Å². The zero-order valence-corrected chi connectivity index (χ0v) is 4.55. The first-order valence-electron chi connectivity index (χ1n) is 2.00. The molecule has 0 heterocycles. The summed E-state index contributed by atoms with van der Waals surface area (Å²) in [5.41, 5.74) is 0. The third-order valence-corrected chi connectivity index (χ3v) is 0.351. The van der Waals surface area contributed by atoms with Crippen LogP contribution in [-0.4, -0.2) is 20.1 Å². The molecule has 0 aliphatic rings. The fourth-order valence-electron chi connectivity index (χ4n) is 0.158. The molecule has 0 aromatic heterocycles. The number of methoxy groups -OCH3 is 1. The van der Waals surface area contributed by atoms with Gasteiger partial charge in [0.2, 0.25) is 6.79 Å². The van der Waals surface area contributed by atoms with Crippen LogP contribution in [0.1, 0.15) is 6.92 Å². The molecule has 0 aliphatic carbocycles. The highest BCUT2D eigenvalue weighted by atomic mass is 16.7. The third-order valence-electron chi connectivity index (χ3n) is 0.351. The molecule has 3 nitrogen and oxygen atoms in total. The van der Waals surface area contributed by atoms with Gasteiger partial charge in [0.1, 0.15) is 0 Å². The van der Waals surface area contributed by atoms with Gasteiger partial charge in [-0.3, -0.25) is 0 Å². The van der Waals surface area contributed by atoms with Crippen molar-refractivity contribution in [1.29, 1.82) is 0 Å². The van der Waals surface area contributed by atoms with Crippen molar-refractivity contribution in [2.24, 2.45) is 5.16 Å². The summed E-state index contributed by atoms with van der Waals surface area (Å²) in [4.78, 5) is 4.48. The fraction of sp³-hybridized carbons (Fsp3) is 0.750. The molecular weight excluding hydrogens is 94.0 g/mol. The Morgan fingerprint density at radius 2 is 2.43 bits per heavy atom. The van der Waals surface area contributed by atoms with Gasteiger partial charge in [-0.05, 0) is 6.92 Å². The lowest BCUT2D eigenvalue weighted by molar-refractivity contribution is -0.0276. The summed E-state index contributed by atoms with van der Waals surface area (Å²) in [6.07, 6.45) is 1.55. The number of nitrogens with zero attached hydrogens (tertiary/aromatic N) is 1. The molecule has 0 aromatic rings. The average Bonchev–Trinajstić information content (AvgIpc) is 1.69. The van der Waals surface area contributed by atoms with E-state index >= 15 is 0 Å². The molecule has 0 saturated heterocycles. The Balaban J connectivity index is 2.69. The Morgan fingerprint density at radius 3 is 2.86 bits per heavy atom. The van der Waals surface area contributed by atoms with Crippen LogP contribution < -0.4 is 0 Å². The van der Waals surface area contributed by atoms with E-state index in [4.69, 9.17) is 0 Å². The molecule has 42 valence electrons. The molecule has 0 rings (SSSR count). The minimum Gasteiger partial charge on any atom is -0.367 e. The van der Waals surface area contributed by atoms with Crippen molar-refractivity contribution in [2.45, 2.75) is 6.92 Å². The minimum atomic E-state index is 0.227. The Kier molecular flexibility index (Phi) is 4.99. The summed E-state index contributed by atoms with van der Waals surface area (Å²) in [7, 11) is 1.55. The minimum absolute atomic E-state index is 0.227. The van der Waals surface area contributed by atoms with Crippen LogP contribution in [0.3, 0.4) is 0 Å². The summed E-state index contributed by atoms with van der Waals surface area (Å²) >= 11 is 0. The third kappa shape index (κ3) is 5.43. The van der Waals surface area contributed by atoms with E-state index in [9.17, 15) is 0 Å². The lowest BCUT2D eigenvalue weighted by atomic mass is 10.9. The normalized spacial score (nSPS) is 10.0. The monoisotopic (exact) mass is 103 g/mol. The molecule has 0 aromatic carbocycles. The van der Waals surface area contributed by atoms with E-state index in [1.165, 1.54) is 0 Å². The Labute approximate surface area is 42.9 Å². The van der Waals surface area contributed by atoms with Gasteiger partial charge in [0.15, 0.2) is 0 Å². The molecule has 0 atom stereocenters. The number of rotatable bonds is 3. The smallest absolute Gasteiger partial charge is 0.216 e. The molecule has 0 spiro atoms. The van der Waals surface area contributed by atoms with E-state index in [2.05, 4.69) is 14.7 Å². The average molecular weight is 103 g/mol. The molecule has 0 saturated carbocycles. The first-order valence-corrected chi connectivity index (χ1v) is 2.00. The maximum absolute atomic E-state index is 4.51. The Bertz CT molecular complexity index is 53.7. The van der Waals surface area contributed by atoms with Gasteiger partial charge in [-0.25, -0.2) is 0 Å². The van der Waals surface area contributed by atoms with Crippen LogP contribution >= 0.6 is 0 Å². The predicted octanol–water partition coefficient (Wildman–Crippen LogP) is 0.613. The number of ether oxygens (including phenoxy) is 1. The van der Waals surface area contributed by atoms with Gasteiger partial charge in [-0.1, -0.05) is 5.16 Å². The summed E-state index contributed by atoms with van der Waals surface area (Å²) in [6.45, 7) is 2.00. The highest BCUT2D eigenvalue weighted by molar-refractivity contribution is 5.52. The van der Waals surface area contributed by atoms with Crippen LogP contribution in [0.4, 0.5) is 0 Å². The molecule has 0 N–H and O–H groups in total. The van der Waals surface area contributed by atoms with E-state index in [0.717, 1.165) is 0 Å². The molecule has 0 aliphatic heterocycles. The molecule has 0 amide bonds. The summed E-state index contributed by atoms with van der Waals surface area (Å²) in [5, 5.41) is 3.41. The van der Waals surface area contributed by atoms with Gasteiger partial charge < -0.3 is 9.57 Å². The van der Waals surface area contributed by atoms with Crippen molar-refractivity contribution < 1.29 is 9.57 Å². The van der Waals surface area contributed by atoms with E-state index in [0.29, 0.717) is 0 Å². The van der Waals surface area contributed by atoms with E-state index in [1.807, 2.05) is 0 Å². The SMILES string of the molecule is CC=NOCOC. The van der Waals surface area contributed by atoms with Gasteiger partial charge in [-0.15, -0.1) is 0 Å². The summed E-state index contributed by atoms with van der Waals surface area (Å²) < 4.78 is 4.51. The molecule has 0 fully saturated rings. The largest absolute Gasteiger partial charge is 0.367 e. The van der Waals surface area contributed by atoms with E-state index in [1.54, 1.807) is 20.2 Å². The van der Waals surface area contributed by atoms with Crippen molar-refractivity contribution >= 4 is 6.21 Å². The Hall–Kier alpha value is -0.570. The van der Waals surface area contributed by atoms with Crippen LogP contribution in [-0.2, 0) is 9.57 Å². The van der Waals surface area contributed by atoms with Crippen LogP contribution in [0.2, 0.25) is 0 Å². The Morgan fingerprint density at radius 1 is 1.71 bits per heavy atom. The molecule has 0 bridgehead atoms. The quantitative estimate of drug-likeness (QED) is 0.227. The number of hydrogen-bond acceptors (Lipinski definition) is 3. The second-order valence-corrected chi connectivity index (χ2v) is 0.899. The van der Waals surface area contributed by atoms with Gasteiger partial charge >= 0.3 is 0 Å². The van der Waals surface area contributed by atoms with Crippen molar-refractivity contribution in [1.82, 2.24) is 0 Å². The van der Waals surface area contributed by atoms with Gasteiger partial charge in [-0.2, -0.15) is 0 Å². The van der Waals surface area contributed by atoms with E-state index < -0.39 is 0 Å². The van der Waals surface area contributed by atoms with Crippen molar-refractivity contribution in [3.8, 4) is 0 Å².